The lowest BCUT2D eigenvalue weighted by Gasteiger charge is -2.36. The van der Waals surface area contributed by atoms with Gasteiger partial charge in [-0.2, -0.15) is 0 Å². The van der Waals surface area contributed by atoms with E-state index in [2.05, 4.69) is 5.32 Å². The van der Waals surface area contributed by atoms with E-state index < -0.39 is 16.9 Å². The van der Waals surface area contributed by atoms with E-state index in [0.29, 0.717) is 12.8 Å². The van der Waals surface area contributed by atoms with Crippen LogP contribution in [-0.2, 0) is 11.3 Å². The van der Waals surface area contributed by atoms with E-state index in [0.717, 1.165) is 17.4 Å². The number of aliphatic hydroxyl groups is 1. The van der Waals surface area contributed by atoms with Gasteiger partial charge in [0.2, 0.25) is 0 Å². The van der Waals surface area contributed by atoms with E-state index in [1.54, 1.807) is 0 Å². The average molecular weight is 207 g/mol. The number of nitrogens with zero attached hydrogens (tertiary/aromatic N) is 1. The number of rotatable bonds is 3. The number of hydrogen-bond acceptors (Lipinski definition) is 4. The van der Waals surface area contributed by atoms with Crippen LogP contribution in [0, 0.1) is 0 Å². The third kappa shape index (κ3) is 3.32. The minimum Gasteiger partial charge on any atom is -0.760 e. The third-order valence-corrected chi connectivity index (χ3v) is 2.94. The minimum absolute atomic E-state index is 0.185. The molecule has 13 heavy (non-hydrogen) atoms. The Hall–Kier alpha value is -0.0100. The van der Waals surface area contributed by atoms with E-state index in [4.69, 9.17) is 0 Å². The second-order valence-corrected chi connectivity index (χ2v) is 4.54. The molecule has 0 aliphatic carbocycles. The first-order chi connectivity index (χ1) is 6.03. The lowest BCUT2D eigenvalue weighted by atomic mass is 9.93. The van der Waals surface area contributed by atoms with Crippen LogP contribution in [0.3, 0.4) is 0 Å². The van der Waals surface area contributed by atoms with Crippen molar-refractivity contribution in [2.45, 2.75) is 18.4 Å². The van der Waals surface area contributed by atoms with Gasteiger partial charge in [0.15, 0.2) is 0 Å². The molecule has 1 fully saturated rings. The van der Waals surface area contributed by atoms with Gasteiger partial charge in [-0.05, 0) is 33.0 Å². The fourth-order valence-electron chi connectivity index (χ4n) is 1.52. The number of piperidine rings is 1. The van der Waals surface area contributed by atoms with Gasteiger partial charge in [0.1, 0.15) is 0 Å². The molecule has 0 amide bonds. The SMILES string of the molecule is CN(CC1(O)CCNCC1)S(=O)[O-]. The van der Waals surface area contributed by atoms with Crippen LogP contribution in [0.5, 0.6) is 0 Å². The molecule has 1 aliphatic rings. The molecule has 0 saturated carbocycles. The van der Waals surface area contributed by atoms with Gasteiger partial charge in [0.25, 0.3) is 0 Å². The topological polar surface area (TPSA) is 75.6 Å². The summed E-state index contributed by atoms with van der Waals surface area (Å²) in [5.41, 5.74) is -0.847. The first-order valence-corrected chi connectivity index (χ1v) is 5.30. The van der Waals surface area contributed by atoms with Crippen molar-refractivity contribution in [2.75, 3.05) is 26.7 Å². The smallest absolute Gasteiger partial charge is 0.0807 e. The Morgan fingerprint density at radius 2 is 2.15 bits per heavy atom. The molecule has 0 bridgehead atoms. The highest BCUT2D eigenvalue weighted by atomic mass is 32.2. The zero-order valence-corrected chi connectivity index (χ0v) is 8.47. The summed E-state index contributed by atoms with van der Waals surface area (Å²) in [7, 11) is 1.46. The molecule has 78 valence electrons. The Morgan fingerprint density at radius 1 is 1.62 bits per heavy atom. The van der Waals surface area contributed by atoms with Crippen LogP contribution >= 0.6 is 0 Å². The lowest BCUT2D eigenvalue weighted by Crippen LogP contribution is -2.49. The molecule has 0 radical (unpaired) electrons. The van der Waals surface area contributed by atoms with Crippen molar-refractivity contribution in [2.24, 2.45) is 0 Å². The summed E-state index contributed by atoms with van der Waals surface area (Å²) in [5.74, 6) is 0. The van der Waals surface area contributed by atoms with Crippen molar-refractivity contribution < 1.29 is 13.9 Å². The molecular formula is C7H15N2O3S-. The van der Waals surface area contributed by atoms with Crippen molar-refractivity contribution in [1.29, 1.82) is 0 Å². The first-order valence-electron chi connectivity index (χ1n) is 4.27. The van der Waals surface area contributed by atoms with Crippen molar-refractivity contribution in [3.63, 3.8) is 0 Å². The molecule has 1 unspecified atom stereocenters. The maximum absolute atomic E-state index is 10.5. The van der Waals surface area contributed by atoms with E-state index >= 15 is 0 Å². The van der Waals surface area contributed by atoms with Gasteiger partial charge in [-0.25, -0.2) is 4.31 Å². The molecule has 0 spiro atoms. The highest BCUT2D eigenvalue weighted by Crippen LogP contribution is 2.18. The summed E-state index contributed by atoms with van der Waals surface area (Å²) < 4.78 is 22.2. The van der Waals surface area contributed by atoms with Gasteiger partial charge in [-0.15, -0.1) is 0 Å². The maximum Gasteiger partial charge on any atom is 0.0807 e. The molecule has 2 N–H and O–H groups in total. The Balaban J connectivity index is 2.45. The Morgan fingerprint density at radius 3 is 2.62 bits per heavy atom. The largest absolute Gasteiger partial charge is 0.760 e. The predicted molar refractivity (Wildman–Crippen MR) is 48.6 cm³/mol. The molecule has 1 rings (SSSR count). The standard InChI is InChI=1S/C7H16N2O3S/c1-9(13(11)12)6-7(10)2-4-8-5-3-7/h8,10H,2-6H2,1H3,(H,11,12)/p-1. The molecule has 1 atom stereocenters. The van der Waals surface area contributed by atoms with Gasteiger partial charge < -0.3 is 15.0 Å². The minimum atomic E-state index is -2.23. The first kappa shape index (κ1) is 11.1. The normalized spacial score (nSPS) is 24.6. The molecular weight excluding hydrogens is 192 g/mol. The molecule has 1 heterocycles. The molecule has 0 aromatic rings. The van der Waals surface area contributed by atoms with Crippen molar-refractivity contribution in [3.8, 4) is 0 Å². The zero-order valence-electron chi connectivity index (χ0n) is 7.65. The molecule has 1 saturated heterocycles. The van der Waals surface area contributed by atoms with Crippen LogP contribution in [-0.4, -0.2) is 50.5 Å². The van der Waals surface area contributed by atoms with Gasteiger partial charge in [0.05, 0.1) is 5.60 Å². The highest BCUT2D eigenvalue weighted by molar-refractivity contribution is 7.76. The molecule has 0 aromatic carbocycles. The summed E-state index contributed by atoms with van der Waals surface area (Å²) in [6, 6.07) is 0. The summed E-state index contributed by atoms with van der Waals surface area (Å²) in [6.45, 7) is 1.68. The monoisotopic (exact) mass is 207 g/mol. The van der Waals surface area contributed by atoms with Crippen molar-refractivity contribution in [1.82, 2.24) is 9.62 Å². The quantitative estimate of drug-likeness (QED) is 0.572. The number of likely N-dealkylation sites (N-methyl/N-ethyl adjacent to an activating group) is 1. The van der Waals surface area contributed by atoms with Gasteiger partial charge in [-0.1, -0.05) is 0 Å². The molecule has 1 aliphatic heterocycles. The lowest BCUT2D eigenvalue weighted by molar-refractivity contribution is -0.00152. The van der Waals surface area contributed by atoms with Crippen LogP contribution < -0.4 is 5.32 Å². The maximum atomic E-state index is 10.5. The predicted octanol–water partition coefficient (Wildman–Crippen LogP) is -1.17. The summed E-state index contributed by atoms with van der Waals surface area (Å²) in [5, 5.41) is 13.0. The summed E-state index contributed by atoms with van der Waals surface area (Å²) in [6.07, 6.45) is 1.21. The van der Waals surface area contributed by atoms with Crippen LogP contribution in [0.1, 0.15) is 12.8 Å². The summed E-state index contributed by atoms with van der Waals surface area (Å²) >= 11 is -2.23. The number of hydrogen-bond donors (Lipinski definition) is 2. The second kappa shape index (κ2) is 4.47. The molecule has 6 heteroatoms. The van der Waals surface area contributed by atoms with Crippen LogP contribution in [0.15, 0.2) is 0 Å². The van der Waals surface area contributed by atoms with Crippen molar-refractivity contribution in [3.05, 3.63) is 0 Å². The van der Waals surface area contributed by atoms with E-state index in [1.807, 2.05) is 0 Å². The van der Waals surface area contributed by atoms with E-state index in [9.17, 15) is 13.9 Å². The summed E-state index contributed by atoms with van der Waals surface area (Å²) in [4.78, 5) is 0. The Bertz CT molecular complexity index is 194. The Labute approximate surface area is 80.5 Å². The highest BCUT2D eigenvalue weighted by Gasteiger charge is 2.30. The van der Waals surface area contributed by atoms with Crippen LogP contribution in [0.25, 0.3) is 0 Å². The fourth-order valence-corrected chi connectivity index (χ4v) is 1.86. The zero-order chi connectivity index (χ0) is 9.90. The third-order valence-electron chi connectivity index (χ3n) is 2.31. The Kier molecular flexibility index (Phi) is 3.81. The van der Waals surface area contributed by atoms with Crippen molar-refractivity contribution >= 4 is 11.3 Å². The van der Waals surface area contributed by atoms with E-state index in [1.165, 1.54) is 7.05 Å². The van der Waals surface area contributed by atoms with Gasteiger partial charge in [-0.3, -0.25) is 4.21 Å². The van der Waals surface area contributed by atoms with Gasteiger partial charge in [0, 0.05) is 17.8 Å². The molecule has 0 aromatic heterocycles. The van der Waals surface area contributed by atoms with Crippen LogP contribution in [0.2, 0.25) is 0 Å². The second-order valence-electron chi connectivity index (χ2n) is 3.48. The van der Waals surface area contributed by atoms with E-state index in [-0.39, 0.29) is 6.54 Å². The number of nitrogens with one attached hydrogen (secondary N) is 1. The van der Waals surface area contributed by atoms with Gasteiger partial charge >= 0.3 is 0 Å². The fraction of sp³-hybridized carbons (Fsp3) is 1.00. The average Bonchev–Trinajstić information content (AvgIpc) is 2.04. The molecule has 5 nitrogen and oxygen atoms in total. The van der Waals surface area contributed by atoms with Crippen LogP contribution in [0.4, 0.5) is 0 Å².